The number of fused-ring (bicyclic) bond motifs is 1. The van der Waals surface area contributed by atoms with E-state index in [9.17, 15) is 5.11 Å². The van der Waals surface area contributed by atoms with E-state index in [0.717, 1.165) is 55.5 Å². The number of aromatic nitrogens is 2. The standard InChI is InChI=1S/C24H30N4O/c29-22-11-5-18(6-12-22)26-19-13-15-27(16-14-19)20-7-9-21(10-8-20)28-17-25-23-3-1-2-4-24(23)28/h1-4,7-10,17-19,22,26,29H,5-6,11-16H2. The summed E-state index contributed by atoms with van der Waals surface area (Å²) in [5.41, 5.74) is 4.62. The third-order valence-corrected chi connectivity index (χ3v) is 6.61. The highest BCUT2D eigenvalue weighted by Crippen LogP contribution is 2.25. The van der Waals surface area contributed by atoms with Crippen LogP contribution in [-0.4, -0.2) is 45.9 Å². The largest absolute Gasteiger partial charge is 0.393 e. The molecule has 0 atom stereocenters. The molecule has 5 nitrogen and oxygen atoms in total. The first-order chi connectivity index (χ1) is 14.3. The Hall–Kier alpha value is -2.37. The van der Waals surface area contributed by atoms with Crippen molar-refractivity contribution in [3.8, 4) is 5.69 Å². The van der Waals surface area contributed by atoms with E-state index < -0.39 is 0 Å². The maximum Gasteiger partial charge on any atom is 0.100 e. The number of hydrogen-bond acceptors (Lipinski definition) is 4. The van der Waals surface area contributed by atoms with Gasteiger partial charge in [-0.3, -0.25) is 4.57 Å². The van der Waals surface area contributed by atoms with E-state index in [-0.39, 0.29) is 6.10 Å². The van der Waals surface area contributed by atoms with Gasteiger partial charge in [0.2, 0.25) is 0 Å². The van der Waals surface area contributed by atoms with Gasteiger partial charge in [-0.25, -0.2) is 4.98 Å². The van der Waals surface area contributed by atoms with E-state index >= 15 is 0 Å². The zero-order chi connectivity index (χ0) is 19.6. The summed E-state index contributed by atoms with van der Waals surface area (Å²) in [5, 5.41) is 13.5. The summed E-state index contributed by atoms with van der Waals surface area (Å²) < 4.78 is 2.15. The van der Waals surface area contributed by atoms with Crippen LogP contribution in [0.5, 0.6) is 0 Å². The van der Waals surface area contributed by atoms with Crippen molar-refractivity contribution in [2.75, 3.05) is 18.0 Å². The maximum atomic E-state index is 9.69. The van der Waals surface area contributed by atoms with Crippen LogP contribution < -0.4 is 10.2 Å². The predicted molar refractivity (Wildman–Crippen MR) is 118 cm³/mol. The smallest absolute Gasteiger partial charge is 0.100 e. The van der Waals surface area contributed by atoms with Crippen molar-refractivity contribution in [1.82, 2.24) is 14.9 Å². The molecule has 0 amide bonds. The molecule has 0 unspecified atom stereocenters. The molecule has 1 saturated carbocycles. The summed E-state index contributed by atoms with van der Waals surface area (Å²) in [6.45, 7) is 2.20. The molecule has 2 aliphatic rings. The number of hydrogen-bond donors (Lipinski definition) is 2. The Morgan fingerprint density at radius 1 is 0.793 bits per heavy atom. The van der Waals surface area contributed by atoms with Crippen LogP contribution >= 0.6 is 0 Å². The second kappa shape index (κ2) is 8.17. The van der Waals surface area contributed by atoms with Crippen LogP contribution in [0, 0.1) is 0 Å². The summed E-state index contributed by atoms with van der Waals surface area (Å²) in [7, 11) is 0. The van der Waals surface area contributed by atoms with E-state index in [1.165, 1.54) is 18.5 Å². The number of benzene rings is 2. The minimum absolute atomic E-state index is 0.0711. The Morgan fingerprint density at radius 3 is 2.21 bits per heavy atom. The zero-order valence-electron chi connectivity index (χ0n) is 16.9. The first kappa shape index (κ1) is 18.6. The number of aliphatic hydroxyl groups is 1. The molecule has 3 aromatic rings. The number of anilines is 1. The number of rotatable bonds is 4. The highest BCUT2D eigenvalue weighted by atomic mass is 16.3. The van der Waals surface area contributed by atoms with Crippen molar-refractivity contribution < 1.29 is 5.11 Å². The van der Waals surface area contributed by atoms with Crippen molar-refractivity contribution >= 4 is 16.7 Å². The first-order valence-electron chi connectivity index (χ1n) is 11.0. The van der Waals surface area contributed by atoms with Crippen LogP contribution in [0.25, 0.3) is 16.7 Å². The molecule has 1 saturated heterocycles. The fourth-order valence-corrected chi connectivity index (χ4v) is 4.87. The van der Waals surface area contributed by atoms with E-state index in [2.05, 4.69) is 56.2 Å². The average Bonchev–Trinajstić information content (AvgIpc) is 3.20. The van der Waals surface area contributed by atoms with Gasteiger partial charge in [0.25, 0.3) is 0 Å². The van der Waals surface area contributed by atoms with Crippen molar-refractivity contribution in [2.24, 2.45) is 0 Å². The van der Waals surface area contributed by atoms with Crippen LogP contribution in [0.2, 0.25) is 0 Å². The Bertz CT molecular complexity index is 935. The molecule has 2 aromatic carbocycles. The fraction of sp³-hybridized carbons (Fsp3) is 0.458. The van der Waals surface area contributed by atoms with E-state index in [4.69, 9.17) is 0 Å². The van der Waals surface area contributed by atoms with Crippen LogP contribution in [0.15, 0.2) is 54.9 Å². The van der Waals surface area contributed by atoms with E-state index in [1.54, 1.807) is 0 Å². The van der Waals surface area contributed by atoms with Gasteiger partial charge in [0.05, 0.1) is 17.1 Å². The van der Waals surface area contributed by atoms with Crippen LogP contribution in [0.1, 0.15) is 38.5 Å². The Labute approximate surface area is 172 Å². The lowest BCUT2D eigenvalue weighted by Crippen LogP contribution is -2.47. The number of piperidine rings is 1. The molecule has 152 valence electrons. The van der Waals surface area contributed by atoms with Crippen molar-refractivity contribution in [3.05, 3.63) is 54.9 Å². The lowest BCUT2D eigenvalue weighted by Gasteiger charge is -2.37. The lowest BCUT2D eigenvalue weighted by atomic mass is 9.91. The Balaban J connectivity index is 1.19. The summed E-state index contributed by atoms with van der Waals surface area (Å²) >= 11 is 0. The number of imidazole rings is 1. The van der Waals surface area contributed by atoms with Crippen molar-refractivity contribution in [3.63, 3.8) is 0 Å². The molecule has 2 heterocycles. The number of para-hydroxylation sites is 2. The Kier molecular flexibility index (Phi) is 5.25. The van der Waals surface area contributed by atoms with Crippen molar-refractivity contribution in [2.45, 2.75) is 56.7 Å². The van der Waals surface area contributed by atoms with Gasteiger partial charge in [-0.05, 0) is 74.9 Å². The number of nitrogens with zero attached hydrogens (tertiary/aromatic N) is 3. The van der Waals surface area contributed by atoms with Crippen molar-refractivity contribution in [1.29, 1.82) is 0 Å². The monoisotopic (exact) mass is 390 g/mol. The normalized spacial score (nSPS) is 23.6. The summed E-state index contributed by atoms with van der Waals surface area (Å²) in [4.78, 5) is 7.00. The topological polar surface area (TPSA) is 53.3 Å². The number of aliphatic hydroxyl groups excluding tert-OH is 1. The molecular weight excluding hydrogens is 360 g/mol. The van der Waals surface area contributed by atoms with Gasteiger partial charge < -0.3 is 15.3 Å². The average molecular weight is 391 g/mol. The minimum atomic E-state index is -0.0711. The van der Waals surface area contributed by atoms with Gasteiger partial charge in [0, 0.05) is 36.5 Å². The summed E-state index contributed by atoms with van der Waals surface area (Å²) in [6, 6.07) is 18.3. The molecule has 1 aromatic heterocycles. The molecule has 5 heteroatoms. The van der Waals surface area contributed by atoms with Gasteiger partial charge in [-0.15, -0.1) is 0 Å². The van der Waals surface area contributed by atoms with E-state index in [1.807, 2.05) is 18.5 Å². The molecule has 29 heavy (non-hydrogen) atoms. The van der Waals surface area contributed by atoms with E-state index in [0.29, 0.717) is 12.1 Å². The highest BCUT2D eigenvalue weighted by Gasteiger charge is 2.25. The molecular formula is C24H30N4O. The molecule has 0 radical (unpaired) electrons. The van der Waals surface area contributed by atoms with Gasteiger partial charge in [0.1, 0.15) is 6.33 Å². The second-order valence-electron chi connectivity index (χ2n) is 8.55. The molecule has 0 spiro atoms. The summed E-state index contributed by atoms with van der Waals surface area (Å²) in [5.74, 6) is 0. The van der Waals surface area contributed by atoms with Gasteiger partial charge in [-0.1, -0.05) is 12.1 Å². The highest BCUT2D eigenvalue weighted by molar-refractivity contribution is 5.77. The molecule has 1 aliphatic heterocycles. The minimum Gasteiger partial charge on any atom is -0.393 e. The molecule has 1 aliphatic carbocycles. The lowest BCUT2D eigenvalue weighted by molar-refractivity contribution is 0.113. The maximum absolute atomic E-state index is 9.69. The summed E-state index contributed by atoms with van der Waals surface area (Å²) in [6.07, 6.45) is 8.35. The molecule has 2 fully saturated rings. The Morgan fingerprint density at radius 2 is 1.45 bits per heavy atom. The third-order valence-electron chi connectivity index (χ3n) is 6.61. The second-order valence-corrected chi connectivity index (χ2v) is 8.55. The zero-order valence-corrected chi connectivity index (χ0v) is 16.9. The number of nitrogens with one attached hydrogen (secondary N) is 1. The van der Waals surface area contributed by atoms with Crippen LogP contribution in [0.3, 0.4) is 0 Å². The van der Waals surface area contributed by atoms with Gasteiger partial charge in [-0.2, -0.15) is 0 Å². The van der Waals surface area contributed by atoms with Gasteiger partial charge in [0.15, 0.2) is 0 Å². The quantitative estimate of drug-likeness (QED) is 0.710. The first-order valence-corrected chi connectivity index (χ1v) is 11.0. The van der Waals surface area contributed by atoms with Crippen LogP contribution in [0.4, 0.5) is 5.69 Å². The molecule has 0 bridgehead atoms. The van der Waals surface area contributed by atoms with Gasteiger partial charge >= 0.3 is 0 Å². The molecule has 5 rings (SSSR count). The third kappa shape index (κ3) is 4.02. The van der Waals surface area contributed by atoms with Crippen LogP contribution in [-0.2, 0) is 0 Å². The SMILES string of the molecule is OC1CCC(NC2CCN(c3ccc(-n4cnc5ccccc54)cc3)CC2)CC1. The fourth-order valence-electron chi connectivity index (χ4n) is 4.87. The molecule has 2 N–H and O–H groups in total. The predicted octanol–water partition coefficient (Wildman–Crippen LogP) is 3.89.